The van der Waals surface area contributed by atoms with Crippen LogP contribution in [0.15, 0.2) is 53.7 Å². The summed E-state index contributed by atoms with van der Waals surface area (Å²) in [5.74, 6) is 1.44. The number of benzene rings is 2. The van der Waals surface area contributed by atoms with Crippen LogP contribution in [0.1, 0.15) is 23.7 Å². The third-order valence-electron chi connectivity index (χ3n) is 3.43. The fraction of sp³-hybridized carbons (Fsp3) is 0.235. The minimum absolute atomic E-state index is 0.204. The van der Waals surface area contributed by atoms with Crippen molar-refractivity contribution < 1.29 is 19.8 Å². The van der Waals surface area contributed by atoms with Gasteiger partial charge in [0.05, 0.1) is 26.0 Å². The molecule has 0 heterocycles. The Kier molecular flexibility index (Phi) is 5.38. The van der Waals surface area contributed by atoms with Gasteiger partial charge in [-0.25, -0.2) is 0 Å². The van der Waals surface area contributed by atoms with Crippen LogP contribution < -0.4 is 9.47 Å². The Balaban J connectivity index is 2.11. The van der Waals surface area contributed by atoms with Gasteiger partial charge in [0, 0.05) is 6.42 Å². The SMILES string of the molecule is COc1ccc(/C(CC(O)c2ccc(OC)cc2)=N/O)cc1. The van der Waals surface area contributed by atoms with E-state index in [1.807, 2.05) is 0 Å². The van der Waals surface area contributed by atoms with Crippen LogP contribution in [0, 0.1) is 0 Å². The first kappa shape index (κ1) is 15.9. The fourth-order valence-corrected chi connectivity index (χ4v) is 2.13. The first-order chi connectivity index (χ1) is 10.7. The molecule has 5 heteroatoms. The van der Waals surface area contributed by atoms with E-state index in [1.54, 1.807) is 62.8 Å². The molecule has 0 aliphatic rings. The van der Waals surface area contributed by atoms with Crippen LogP contribution in [0.25, 0.3) is 0 Å². The normalized spacial score (nSPS) is 12.8. The Morgan fingerprint density at radius 1 is 0.955 bits per heavy atom. The monoisotopic (exact) mass is 301 g/mol. The van der Waals surface area contributed by atoms with Crippen molar-refractivity contribution in [3.8, 4) is 11.5 Å². The molecule has 22 heavy (non-hydrogen) atoms. The van der Waals surface area contributed by atoms with E-state index in [0.717, 1.165) is 22.6 Å². The number of ether oxygens (including phenoxy) is 2. The molecule has 0 aromatic heterocycles. The maximum Gasteiger partial charge on any atom is 0.118 e. The highest BCUT2D eigenvalue weighted by Gasteiger charge is 2.14. The average molecular weight is 301 g/mol. The molecule has 5 nitrogen and oxygen atoms in total. The van der Waals surface area contributed by atoms with Crippen LogP contribution in [-0.4, -0.2) is 30.2 Å². The van der Waals surface area contributed by atoms with Crippen molar-refractivity contribution in [2.75, 3.05) is 14.2 Å². The summed E-state index contributed by atoms with van der Waals surface area (Å²) in [5.41, 5.74) is 1.87. The van der Waals surface area contributed by atoms with Crippen LogP contribution in [0.3, 0.4) is 0 Å². The van der Waals surface area contributed by atoms with E-state index in [1.165, 1.54) is 0 Å². The van der Waals surface area contributed by atoms with E-state index >= 15 is 0 Å². The second-order valence-electron chi connectivity index (χ2n) is 4.77. The fourth-order valence-electron chi connectivity index (χ4n) is 2.13. The van der Waals surface area contributed by atoms with Crippen LogP contribution in [0.2, 0.25) is 0 Å². The van der Waals surface area contributed by atoms with E-state index in [0.29, 0.717) is 5.71 Å². The van der Waals surface area contributed by atoms with Crippen LogP contribution in [0.5, 0.6) is 11.5 Å². The zero-order chi connectivity index (χ0) is 15.9. The largest absolute Gasteiger partial charge is 0.497 e. The Hall–Kier alpha value is -2.53. The summed E-state index contributed by atoms with van der Waals surface area (Å²) in [4.78, 5) is 0. The van der Waals surface area contributed by atoms with Gasteiger partial charge in [-0.3, -0.25) is 0 Å². The first-order valence-corrected chi connectivity index (χ1v) is 6.85. The summed E-state index contributed by atoms with van der Waals surface area (Å²) in [6.45, 7) is 0. The maximum absolute atomic E-state index is 10.3. The summed E-state index contributed by atoms with van der Waals surface area (Å²) in [7, 11) is 3.18. The molecule has 2 aromatic rings. The molecule has 0 aliphatic heterocycles. The van der Waals surface area contributed by atoms with Crippen molar-refractivity contribution in [2.24, 2.45) is 5.16 Å². The van der Waals surface area contributed by atoms with Gasteiger partial charge in [0.15, 0.2) is 0 Å². The topological polar surface area (TPSA) is 71.3 Å². The maximum atomic E-state index is 10.3. The molecule has 2 aromatic carbocycles. The smallest absolute Gasteiger partial charge is 0.118 e. The number of oxime groups is 1. The van der Waals surface area contributed by atoms with Gasteiger partial charge >= 0.3 is 0 Å². The molecular weight excluding hydrogens is 282 g/mol. The summed E-state index contributed by atoms with van der Waals surface area (Å²) >= 11 is 0. The van der Waals surface area contributed by atoms with Gasteiger partial charge in [-0.1, -0.05) is 17.3 Å². The predicted octanol–water partition coefficient (Wildman–Crippen LogP) is 3.01. The molecule has 1 unspecified atom stereocenters. The summed E-state index contributed by atoms with van der Waals surface area (Å²) in [6, 6.07) is 14.3. The molecule has 2 N–H and O–H groups in total. The molecule has 0 radical (unpaired) electrons. The number of hydrogen-bond acceptors (Lipinski definition) is 5. The van der Waals surface area contributed by atoms with Crippen LogP contribution in [0.4, 0.5) is 0 Å². The molecule has 1 atom stereocenters. The third kappa shape index (κ3) is 3.77. The highest BCUT2D eigenvalue weighted by molar-refractivity contribution is 6.00. The minimum Gasteiger partial charge on any atom is -0.497 e. The molecule has 0 saturated heterocycles. The predicted molar refractivity (Wildman–Crippen MR) is 83.9 cm³/mol. The Bertz CT molecular complexity index is 620. The van der Waals surface area contributed by atoms with Crippen molar-refractivity contribution in [1.29, 1.82) is 0 Å². The number of aliphatic hydroxyl groups excluding tert-OH is 1. The lowest BCUT2D eigenvalue weighted by atomic mass is 9.99. The second kappa shape index (κ2) is 7.47. The average Bonchev–Trinajstić information content (AvgIpc) is 2.59. The van der Waals surface area contributed by atoms with Crippen molar-refractivity contribution in [1.82, 2.24) is 0 Å². The highest BCUT2D eigenvalue weighted by Crippen LogP contribution is 2.23. The van der Waals surface area contributed by atoms with Crippen molar-refractivity contribution in [2.45, 2.75) is 12.5 Å². The van der Waals surface area contributed by atoms with E-state index in [4.69, 9.17) is 9.47 Å². The number of aliphatic hydroxyl groups is 1. The molecule has 0 amide bonds. The summed E-state index contributed by atoms with van der Waals surface area (Å²) in [5, 5.41) is 22.8. The van der Waals surface area contributed by atoms with Gasteiger partial charge in [0.2, 0.25) is 0 Å². The minimum atomic E-state index is -0.765. The zero-order valence-corrected chi connectivity index (χ0v) is 12.6. The van der Waals surface area contributed by atoms with Gasteiger partial charge in [0.25, 0.3) is 0 Å². The molecule has 0 aliphatic carbocycles. The standard InChI is InChI=1S/C17H19NO4/c1-21-14-7-3-12(4-8-14)16(18-20)11-17(19)13-5-9-15(22-2)10-6-13/h3-10,17,19-20H,11H2,1-2H3/b18-16+. The molecule has 0 spiro atoms. The van der Waals surface area contributed by atoms with E-state index < -0.39 is 6.10 Å². The van der Waals surface area contributed by atoms with Crippen molar-refractivity contribution in [3.05, 3.63) is 59.7 Å². The lowest BCUT2D eigenvalue weighted by Crippen LogP contribution is -2.08. The van der Waals surface area contributed by atoms with Gasteiger partial charge in [-0.05, 0) is 47.5 Å². The van der Waals surface area contributed by atoms with E-state index in [2.05, 4.69) is 5.16 Å². The summed E-state index contributed by atoms with van der Waals surface area (Å²) < 4.78 is 10.2. The van der Waals surface area contributed by atoms with Crippen LogP contribution in [-0.2, 0) is 0 Å². The molecule has 2 rings (SSSR count). The van der Waals surface area contributed by atoms with E-state index in [-0.39, 0.29) is 6.42 Å². The van der Waals surface area contributed by atoms with Crippen LogP contribution >= 0.6 is 0 Å². The first-order valence-electron chi connectivity index (χ1n) is 6.85. The quantitative estimate of drug-likeness (QED) is 0.489. The Labute approximate surface area is 129 Å². The lowest BCUT2D eigenvalue weighted by molar-refractivity contribution is 0.184. The molecule has 0 saturated carbocycles. The molecule has 0 fully saturated rings. The van der Waals surface area contributed by atoms with Gasteiger partial charge in [-0.2, -0.15) is 0 Å². The molecular formula is C17H19NO4. The Morgan fingerprint density at radius 2 is 1.45 bits per heavy atom. The van der Waals surface area contributed by atoms with Gasteiger partial charge in [-0.15, -0.1) is 0 Å². The second-order valence-corrected chi connectivity index (χ2v) is 4.77. The highest BCUT2D eigenvalue weighted by atomic mass is 16.5. The van der Waals surface area contributed by atoms with E-state index in [9.17, 15) is 10.3 Å². The zero-order valence-electron chi connectivity index (χ0n) is 12.6. The molecule has 0 bridgehead atoms. The van der Waals surface area contributed by atoms with Gasteiger partial charge < -0.3 is 19.8 Å². The third-order valence-corrected chi connectivity index (χ3v) is 3.43. The number of nitrogens with zero attached hydrogens (tertiary/aromatic N) is 1. The lowest BCUT2D eigenvalue weighted by Gasteiger charge is -2.13. The Morgan fingerprint density at radius 3 is 1.91 bits per heavy atom. The van der Waals surface area contributed by atoms with Crippen molar-refractivity contribution >= 4 is 5.71 Å². The summed E-state index contributed by atoms with van der Waals surface area (Å²) in [6.07, 6.45) is -0.561. The van der Waals surface area contributed by atoms with Gasteiger partial charge in [0.1, 0.15) is 11.5 Å². The number of hydrogen-bond donors (Lipinski definition) is 2. The van der Waals surface area contributed by atoms with Crippen molar-refractivity contribution in [3.63, 3.8) is 0 Å². The molecule has 116 valence electrons. The number of methoxy groups -OCH3 is 2. The number of rotatable bonds is 6.